The minimum Gasteiger partial charge on any atom is -0.504 e. The van der Waals surface area contributed by atoms with Crippen LogP contribution in [-0.4, -0.2) is 24.9 Å². The van der Waals surface area contributed by atoms with Crippen molar-refractivity contribution in [1.82, 2.24) is 0 Å². The molecule has 0 saturated carbocycles. The standard InChI is InChI=1S/C24H34O4/c1-16(2)10-8-11-17(3)12-9-14-24(5)15-13-19-18(4)20(25)22(26-6)23(27-7)21(19)28-24/h10,12-13,15,25H,8-9,11,14H2,1-7H3/b17-12+. The Balaban J connectivity index is 2.16. The van der Waals surface area contributed by atoms with Crippen LogP contribution in [0.5, 0.6) is 23.0 Å². The molecule has 0 saturated heterocycles. The molecule has 0 fully saturated rings. The van der Waals surface area contributed by atoms with Gasteiger partial charge in [-0.05, 0) is 66.4 Å². The Morgan fingerprint density at radius 3 is 2.39 bits per heavy atom. The maximum absolute atomic E-state index is 10.4. The molecule has 4 nitrogen and oxygen atoms in total. The molecule has 1 atom stereocenters. The molecular formula is C24H34O4. The molecule has 28 heavy (non-hydrogen) atoms. The molecule has 0 aliphatic carbocycles. The van der Waals surface area contributed by atoms with Crippen molar-refractivity contribution in [3.63, 3.8) is 0 Å². The van der Waals surface area contributed by atoms with E-state index in [4.69, 9.17) is 14.2 Å². The number of ether oxygens (including phenoxy) is 3. The Kier molecular flexibility index (Phi) is 7.22. The van der Waals surface area contributed by atoms with Crippen molar-refractivity contribution in [3.05, 3.63) is 40.5 Å². The Hall–Kier alpha value is -2.36. The van der Waals surface area contributed by atoms with E-state index < -0.39 is 5.60 Å². The lowest BCUT2D eigenvalue weighted by molar-refractivity contribution is 0.122. The monoisotopic (exact) mass is 386 g/mol. The molecule has 1 unspecified atom stereocenters. The highest BCUT2D eigenvalue weighted by molar-refractivity contribution is 5.76. The first kappa shape index (κ1) is 21.9. The molecule has 2 rings (SSSR count). The van der Waals surface area contributed by atoms with Gasteiger partial charge in [0, 0.05) is 11.1 Å². The molecule has 0 radical (unpaired) electrons. The molecule has 0 spiro atoms. The van der Waals surface area contributed by atoms with Crippen molar-refractivity contribution < 1.29 is 19.3 Å². The van der Waals surface area contributed by atoms with Crippen LogP contribution in [0.3, 0.4) is 0 Å². The molecular weight excluding hydrogens is 352 g/mol. The third kappa shape index (κ3) is 4.92. The van der Waals surface area contributed by atoms with E-state index in [1.165, 1.54) is 18.3 Å². The number of phenols is 1. The van der Waals surface area contributed by atoms with Crippen LogP contribution in [0.4, 0.5) is 0 Å². The largest absolute Gasteiger partial charge is 0.504 e. The van der Waals surface area contributed by atoms with Gasteiger partial charge in [0.1, 0.15) is 5.60 Å². The highest BCUT2D eigenvalue weighted by atomic mass is 16.5. The lowest BCUT2D eigenvalue weighted by Crippen LogP contribution is -2.32. The number of phenolic OH excluding ortho intramolecular Hbond substituents is 1. The minimum absolute atomic E-state index is 0.0878. The Morgan fingerprint density at radius 1 is 1.11 bits per heavy atom. The van der Waals surface area contributed by atoms with E-state index >= 15 is 0 Å². The molecule has 0 aromatic heterocycles. The second kappa shape index (κ2) is 9.22. The Labute approximate surface area is 169 Å². The van der Waals surface area contributed by atoms with Gasteiger partial charge in [0.2, 0.25) is 11.5 Å². The van der Waals surface area contributed by atoms with Crippen molar-refractivity contribution in [1.29, 1.82) is 0 Å². The summed E-state index contributed by atoms with van der Waals surface area (Å²) < 4.78 is 17.2. The lowest BCUT2D eigenvalue weighted by atomic mass is 9.92. The summed E-state index contributed by atoms with van der Waals surface area (Å²) in [5.41, 5.74) is 3.89. The molecule has 0 amide bonds. The fourth-order valence-corrected chi connectivity index (χ4v) is 3.43. The summed E-state index contributed by atoms with van der Waals surface area (Å²) in [7, 11) is 3.08. The molecule has 1 aliphatic heterocycles. The fourth-order valence-electron chi connectivity index (χ4n) is 3.43. The number of hydrogen-bond acceptors (Lipinski definition) is 4. The molecule has 1 N–H and O–H groups in total. The van der Waals surface area contributed by atoms with Crippen molar-refractivity contribution in [3.8, 4) is 23.0 Å². The predicted octanol–water partition coefficient (Wildman–Crippen LogP) is 6.36. The average Bonchev–Trinajstić information content (AvgIpc) is 2.63. The third-order valence-corrected chi connectivity index (χ3v) is 5.20. The lowest BCUT2D eigenvalue weighted by Gasteiger charge is -2.33. The zero-order valence-corrected chi connectivity index (χ0v) is 18.3. The van der Waals surface area contributed by atoms with Crippen LogP contribution in [-0.2, 0) is 0 Å². The van der Waals surface area contributed by atoms with E-state index in [0.29, 0.717) is 17.2 Å². The van der Waals surface area contributed by atoms with Crippen LogP contribution >= 0.6 is 0 Å². The molecule has 1 aliphatic rings. The van der Waals surface area contributed by atoms with Gasteiger partial charge in [-0.1, -0.05) is 29.4 Å². The van der Waals surface area contributed by atoms with E-state index in [2.05, 4.69) is 45.9 Å². The molecule has 0 bridgehead atoms. The number of benzene rings is 1. The van der Waals surface area contributed by atoms with Gasteiger partial charge in [0.15, 0.2) is 11.5 Å². The summed E-state index contributed by atoms with van der Waals surface area (Å²) in [4.78, 5) is 0. The normalized spacial score (nSPS) is 18.3. The second-order valence-corrected chi connectivity index (χ2v) is 7.94. The first-order valence-electron chi connectivity index (χ1n) is 9.87. The summed E-state index contributed by atoms with van der Waals surface area (Å²) in [5.74, 6) is 1.46. The number of fused-ring (bicyclic) bond motifs is 1. The second-order valence-electron chi connectivity index (χ2n) is 7.94. The first-order valence-corrected chi connectivity index (χ1v) is 9.87. The highest BCUT2D eigenvalue weighted by Gasteiger charge is 2.33. The molecule has 4 heteroatoms. The first-order chi connectivity index (χ1) is 13.2. The van der Waals surface area contributed by atoms with Crippen molar-refractivity contribution in [2.45, 2.75) is 65.9 Å². The SMILES string of the molecule is COc1c(O)c(C)c2c(c1OC)OC(C)(CC/C=C(\C)CCC=C(C)C)C=C2. The molecule has 1 aromatic rings. The highest BCUT2D eigenvalue weighted by Crippen LogP contribution is 2.52. The van der Waals surface area contributed by atoms with Gasteiger partial charge in [0.25, 0.3) is 0 Å². The minimum atomic E-state index is -0.439. The van der Waals surface area contributed by atoms with E-state index in [1.807, 2.05) is 13.0 Å². The quantitative estimate of drug-likeness (QED) is 0.528. The van der Waals surface area contributed by atoms with E-state index in [1.54, 1.807) is 7.11 Å². The molecule has 1 aromatic carbocycles. The van der Waals surface area contributed by atoms with E-state index in [9.17, 15) is 5.11 Å². The van der Waals surface area contributed by atoms with Gasteiger partial charge in [-0.2, -0.15) is 0 Å². The number of methoxy groups -OCH3 is 2. The van der Waals surface area contributed by atoms with E-state index in [0.717, 1.165) is 36.8 Å². The van der Waals surface area contributed by atoms with Crippen LogP contribution < -0.4 is 14.2 Å². The van der Waals surface area contributed by atoms with Crippen molar-refractivity contribution >= 4 is 6.08 Å². The summed E-state index contributed by atoms with van der Waals surface area (Å²) in [6.45, 7) is 10.4. The fraction of sp³-hybridized carbons (Fsp3) is 0.500. The maximum Gasteiger partial charge on any atom is 0.207 e. The Bertz CT molecular complexity index is 798. The predicted molar refractivity (Wildman–Crippen MR) is 116 cm³/mol. The number of allylic oxidation sites excluding steroid dienone is 4. The smallest absolute Gasteiger partial charge is 0.207 e. The maximum atomic E-state index is 10.4. The van der Waals surface area contributed by atoms with Crippen LogP contribution in [0.1, 0.15) is 64.5 Å². The van der Waals surface area contributed by atoms with Gasteiger partial charge < -0.3 is 19.3 Å². The van der Waals surface area contributed by atoms with Crippen LogP contribution in [0.25, 0.3) is 6.08 Å². The van der Waals surface area contributed by atoms with Crippen molar-refractivity contribution in [2.24, 2.45) is 0 Å². The van der Waals surface area contributed by atoms with Gasteiger partial charge in [0.05, 0.1) is 14.2 Å². The summed E-state index contributed by atoms with van der Waals surface area (Å²) in [5, 5.41) is 10.4. The molecule has 1 heterocycles. The Morgan fingerprint density at radius 2 is 1.79 bits per heavy atom. The number of hydrogen-bond donors (Lipinski definition) is 1. The van der Waals surface area contributed by atoms with Crippen LogP contribution in [0, 0.1) is 6.92 Å². The summed E-state index contributed by atoms with van der Waals surface area (Å²) >= 11 is 0. The number of rotatable bonds is 8. The average molecular weight is 387 g/mol. The zero-order chi connectivity index (χ0) is 20.9. The van der Waals surface area contributed by atoms with Crippen LogP contribution in [0.15, 0.2) is 29.4 Å². The summed E-state index contributed by atoms with van der Waals surface area (Å²) in [6, 6.07) is 0. The number of aromatic hydroxyl groups is 1. The molecule has 154 valence electrons. The van der Waals surface area contributed by atoms with Crippen LogP contribution in [0.2, 0.25) is 0 Å². The van der Waals surface area contributed by atoms with Crippen molar-refractivity contribution in [2.75, 3.05) is 14.2 Å². The van der Waals surface area contributed by atoms with E-state index in [-0.39, 0.29) is 5.75 Å². The van der Waals surface area contributed by atoms with Gasteiger partial charge in [-0.15, -0.1) is 0 Å². The van der Waals surface area contributed by atoms with Gasteiger partial charge >= 0.3 is 0 Å². The topological polar surface area (TPSA) is 47.9 Å². The van der Waals surface area contributed by atoms with Gasteiger partial charge in [-0.25, -0.2) is 0 Å². The van der Waals surface area contributed by atoms with Gasteiger partial charge in [-0.3, -0.25) is 0 Å². The third-order valence-electron chi connectivity index (χ3n) is 5.20. The zero-order valence-electron chi connectivity index (χ0n) is 18.3. The summed E-state index contributed by atoms with van der Waals surface area (Å²) in [6.07, 6.45) is 12.6.